The summed E-state index contributed by atoms with van der Waals surface area (Å²) in [6.07, 6.45) is 2.24. The van der Waals surface area contributed by atoms with Crippen molar-refractivity contribution >= 4 is 11.8 Å². The van der Waals surface area contributed by atoms with Crippen LogP contribution in [0.15, 0.2) is 24.3 Å². The van der Waals surface area contributed by atoms with Gasteiger partial charge >= 0.3 is 0 Å². The average molecular weight is 253 g/mol. The van der Waals surface area contributed by atoms with Gasteiger partial charge in [0.1, 0.15) is 5.82 Å². The van der Waals surface area contributed by atoms with E-state index >= 15 is 0 Å². The topological polar surface area (TPSA) is 12.0 Å². The van der Waals surface area contributed by atoms with Gasteiger partial charge in [-0.3, -0.25) is 0 Å². The molecule has 17 heavy (non-hydrogen) atoms. The smallest absolute Gasteiger partial charge is 0.123 e. The maximum atomic E-state index is 13.0. The number of thioether (sulfide) groups is 1. The van der Waals surface area contributed by atoms with E-state index in [0.29, 0.717) is 6.04 Å². The van der Waals surface area contributed by atoms with Crippen LogP contribution in [0, 0.1) is 11.7 Å². The van der Waals surface area contributed by atoms with Crippen LogP contribution in [0.25, 0.3) is 0 Å². The number of nitrogens with one attached hydrogen (secondary N) is 1. The summed E-state index contributed by atoms with van der Waals surface area (Å²) in [5.41, 5.74) is 1.07. The molecule has 0 radical (unpaired) electrons. The van der Waals surface area contributed by atoms with Gasteiger partial charge in [-0.15, -0.1) is 0 Å². The molecule has 0 aliphatic carbocycles. The Hall–Kier alpha value is -0.540. The first-order valence-corrected chi connectivity index (χ1v) is 7.45. The zero-order valence-corrected chi connectivity index (χ0v) is 11.1. The van der Waals surface area contributed by atoms with Gasteiger partial charge in [0, 0.05) is 6.04 Å². The van der Waals surface area contributed by atoms with Gasteiger partial charge in [-0.2, -0.15) is 11.8 Å². The molecule has 0 aromatic heterocycles. The highest BCUT2D eigenvalue weighted by Crippen LogP contribution is 2.22. The summed E-state index contributed by atoms with van der Waals surface area (Å²) < 4.78 is 13.0. The summed E-state index contributed by atoms with van der Waals surface area (Å²) >= 11 is 2.05. The van der Waals surface area contributed by atoms with Crippen LogP contribution in [-0.2, 0) is 6.42 Å². The number of hydrogen-bond acceptors (Lipinski definition) is 2. The first-order chi connectivity index (χ1) is 8.24. The number of rotatable bonds is 5. The summed E-state index contributed by atoms with van der Waals surface area (Å²) in [4.78, 5) is 0. The van der Waals surface area contributed by atoms with Crippen molar-refractivity contribution in [2.75, 3.05) is 18.1 Å². The van der Waals surface area contributed by atoms with E-state index < -0.39 is 0 Å². The van der Waals surface area contributed by atoms with Crippen LogP contribution in [0.1, 0.15) is 18.9 Å². The summed E-state index contributed by atoms with van der Waals surface area (Å²) in [7, 11) is 0. The van der Waals surface area contributed by atoms with Gasteiger partial charge in [-0.25, -0.2) is 4.39 Å². The maximum absolute atomic E-state index is 13.0. The van der Waals surface area contributed by atoms with Crippen LogP contribution in [0.5, 0.6) is 0 Å². The van der Waals surface area contributed by atoms with Crippen LogP contribution >= 0.6 is 11.8 Å². The van der Waals surface area contributed by atoms with Crippen LogP contribution in [-0.4, -0.2) is 24.1 Å². The molecule has 1 fully saturated rings. The lowest BCUT2D eigenvalue weighted by atomic mass is 10.1. The van der Waals surface area contributed by atoms with E-state index in [0.717, 1.165) is 24.4 Å². The molecule has 1 nitrogen and oxygen atoms in total. The third kappa shape index (κ3) is 4.32. The Morgan fingerprint density at radius 2 is 2.41 bits per heavy atom. The molecule has 0 amide bonds. The third-order valence-electron chi connectivity index (χ3n) is 3.21. The lowest BCUT2D eigenvalue weighted by Gasteiger charge is -2.16. The summed E-state index contributed by atoms with van der Waals surface area (Å²) in [5.74, 6) is 3.29. The molecule has 2 rings (SSSR count). The van der Waals surface area contributed by atoms with Gasteiger partial charge in [0.05, 0.1) is 0 Å². The first kappa shape index (κ1) is 12.9. The average Bonchev–Trinajstić information content (AvgIpc) is 2.79. The predicted molar refractivity (Wildman–Crippen MR) is 73.0 cm³/mol. The zero-order chi connectivity index (χ0) is 12.1. The second-order valence-electron chi connectivity index (χ2n) is 4.87. The van der Waals surface area contributed by atoms with Crippen LogP contribution in [0.4, 0.5) is 4.39 Å². The normalized spacial score (nSPS) is 21.6. The SMILES string of the molecule is CC(Cc1cccc(F)c1)NCC1CCSC1. The van der Waals surface area contributed by atoms with E-state index in [1.807, 2.05) is 6.07 Å². The molecule has 94 valence electrons. The Bertz CT molecular complexity index is 350. The molecule has 1 saturated heterocycles. The number of benzene rings is 1. The molecule has 1 aliphatic rings. The fourth-order valence-electron chi connectivity index (χ4n) is 2.20. The highest BCUT2D eigenvalue weighted by atomic mass is 32.2. The van der Waals surface area contributed by atoms with Gasteiger partial charge in [0.2, 0.25) is 0 Å². The fourth-order valence-corrected chi connectivity index (χ4v) is 3.49. The fraction of sp³-hybridized carbons (Fsp3) is 0.571. The minimum absolute atomic E-state index is 0.137. The minimum Gasteiger partial charge on any atom is -0.314 e. The molecule has 0 saturated carbocycles. The van der Waals surface area contributed by atoms with Crippen molar-refractivity contribution in [1.82, 2.24) is 5.32 Å². The molecule has 1 aliphatic heterocycles. The second kappa shape index (κ2) is 6.41. The Morgan fingerprint density at radius 1 is 1.53 bits per heavy atom. The molecular formula is C14H20FNS. The molecule has 0 bridgehead atoms. The summed E-state index contributed by atoms with van der Waals surface area (Å²) in [6, 6.07) is 7.32. The minimum atomic E-state index is -0.137. The van der Waals surface area contributed by atoms with Crippen LogP contribution < -0.4 is 5.32 Å². The van der Waals surface area contributed by atoms with Crippen molar-refractivity contribution in [2.45, 2.75) is 25.8 Å². The van der Waals surface area contributed by atoms with E-state index in [2.05, 4.69) is 24.0 Å². The third-order valence-corrected chi connectivity index (χ3v) is 4.44. The van der Waals surface area contributed by atoms with E-state index in [1.165, 1.54) is 24.0 Å². The monoisotopic (exact) mass is 253 g/mol. The van der Waals surface area contributed by atoms with E-state index in [9.17, 15) is 4.39 Å². The van der Waals surface area contributed by atoms with E-state index in [1.54, 1.807) is 12.1 Å². The van der Waals surface area contributed by atoms with Crippen molar-refractivity contribution in [3.8, 4) is 0 Å². The Kier molecular flexibility index (Phi) is 4.86. The standard InChI is InChI=1S/C14H20FNS/c1-11(16-9-13-5-6-17-10-13)7-12-3-2-4-14(15)8-12/h2-4,8,11,13,16H,5-7,9-10H2,1H3. The van der Waals surface area contributed by atoms with Crippen LogP contribution in [0.3, 0.4) is 0 Å². The van der Waals surface area contributed by atoms with Gasteiger partial charge in [-0.05, 0) is 61.4 Å². The van der Waals surface area contributed by atoms with E-state index in [-0.39, 0.29) is 5.82 Å². The maximum Gasteiger partial charge on any atom is 0.123 e. The molecule has 2 atom stereocenters. The number of hydrogen-bond donors (Lipinski definition) is 1. The molecule has 1 aromatic carbocycles. The molecule has 1 N–H and O–H groups in total. The quantitative estimate of drug-likeness (QED) is 0.865. The largest absolute Gasteiger partial charge is 0.314 e. The van der Waals surface area contributed by atoms with Gasteiger partial charge in [0.15, 0.2) is 0 Å². The summed E-state index contributed by atoms with van der Waals surface area (Å²) in [5, 5.41) is 3.56. The number of halogens is 1. The Morgan fingerprint density at radius 3 is 3.12 bits per heavy atom. The van der Waals surface area contributed by atoms with Crippen molar-refractivity contribution in [2.24, 2.45) is 5.92 Å². The molecule has 1 heterocycles. The highest BCUT2D eigenvalue weighted by Gasteiger charge is 2.15. The zero-order valence-electron chi connectivity index (χ0n) is 10.3. The first-order valence-electron chi connectivity index (χ1n) is 6.29. The Labute approximate surface area is 107 Å². The molecule has 0 spiro atoms. The van der Waals surface area contributed by atoms with Crippen LogP contribution in [0.2, 0.25) is 0 Å². The highest BCUT2D eigenvalue weighted by molar-refractivity contribution is 7.99. The van der Waals surface area contributed by atoms with Crippen molar-refractivity contribution in [3.63, 3.8) is 0 Å². The van der Waals surface area contributed by atoms with Crippen molar-refractivity contribution < 1.29 is 4.39 Å². The van der Waals surface area contributed by atoms with Gasteiger partial charge in [-0.1, -0.05) is 12.1 Å². The Balaban J connectivity index is 1.74. The lowest BCUT2D eigenvalue weighted by Crippen LogP contribution is -2.32. The molecule has 3 heteroatoms. The second-order valence-corrected chi connectivity index (χ2v) is 6.02. The summed E-state index contributed by atoms with van der Waals surface area (Å²) in [6.45, 7) is 3.27. The van der Waals surface area contributed by atoms with Gasteiger partial charge < -0.3 is 5.32 Å². The lowest BCUT2D eigenvalue weighted by molar-refractivity contribution is 0.465. The van der Waals surface area contributed by atoms with Crippen molar-refractivity contribution in [1.29, 1.82) is 0 Å². The van der Waals surface area contributed by atoms with E-state index in [4.69, 9.17) is 0 Å². The molecule has 2 unspecified atom stereocenters. The predicted octanol–water partition coefficient (Wildman–Crippen LogP) is 3.10. The molecular weight excluding hydrogens is 233 g/mol. The van der Waals surface area contributed by atoms with Crippen molar-refractivity contribution in [3.05, 3.63) is 35.6 Å². The molecule has 1 aromatic rings. The van der Waals surface area contributed by atoms with Gasteiger partial charge in [0.25, 0.3) is 0 Å².